The highest BCUT2D eigenvalue weighted by Gasteiger charge is 2.41. The summed E-state index contributed by atoms with van der Waals surface area (Å²) in [5.41, 5.74) is 0. The maximum Gasteiger partial charge on any atom is 0.326 e. The van der Waals surface area contributed by atoms with E-state index >= 15 is 0 Å². The summed E-state index contributed by atoms with van der Waals surface area (Å²) in [6.07, 6.45) is -0.520. The minimum absolute atomic E-state index is 0.162. The molecule has 0 heterocycles. The molecule has 0 saturated carbocycles. The molecule has 0 saturated heterocycles. The number of carbonyl (C=O) groups excluding carboxylic acids is 4. The second-order valence-corrected chi connectivity index (χ2v) is 5.07. The molecule has 142 valence electrons. The number of hydrogen-bond acceptors (Lipinski definition) is 8. The van der Waals surface area contributed by atoms with Gasteiger partial charge in [-0.1, -0.05) is 6.92 Å². The Labute approximate surface area is 144 Å². The molecule has 0 fully saturated rings. The van der Waals surface area contributed by atoms with Crippen LogP contribution in [0.5, 0.6) is 0 Å². The molecule has 0 radical (unpaired) electrons. The minimum atomic E-state index is -1.56. The number of amides is 1. The number of aliphatic carboxylic acids is 1. The smallest absolute Gasteiger partial charge is 0.326 e. The first-order valence-corrected chi connectivity index (χ1v) is 7.52. The molecule has 2 atom stereocenters. The Morgan fingerprint density at radius 3 is 1.92 bits per heavy atom. The lowest BCUT2D eigenvalue weighted by Crippen LogP contribution is -2.50. The molecular weight excluding hydrogens is 338 g/mol. The summed E-state index contributed by atoms with van der Waals surface area (Å²) in [6.45, 7) is 3.07. The fraction of sp³-hybridized carbons (Fsp3) is 0.667. The van der Waals surface area contributed by atoms with Crippen LogP contribution in [-0.4, -0.2) is 61.8 Å². The van der Waals surface area contributed by atoms with Gasteiger partial charge in [-0.2, -0.15) is 0 Å². The first kappa shape index (κ1) is 22.4. The van der Waals surface area contributed by atoms with Crippen LogP contribution in [0, 0.1) is 11.8 Å². The fourth-order valence-corrected chi connectivity index (χ4v) is 2.08. The SMILES string of the molecule is CCOC(=O)CCC(=O)N[C@@H](C(=O)O)[C@@H](C)C(C(=O)OC)C(=O)OC. The van der Waals surface area contributed by atoms with Gasteiger partial charge in [0.1, 0.15) is 6.04 Å². The highest BCUT2D eigenvalue weighted by atomic mass is 16.5. The van der Waals surface area contributed by atoms with E-state index in [9.17, 15) is 29.1 Å². The van der Waals surface area contributed by atoms with Crippen LogP contribution in [0.1, 0.15) is 26.7 Å². The van der Waals surface area contributed by atoms with Crippen LogP contribution in [0.4, 0.5) is 0 Å². The van der Waals surface area contributed by atoms with Crippen LogP contribution in [0.2, 0.25) is 0 Å². The van der Waals surface area contributed by atoms with E-state index in [1.54, 1.807) is 6.92 Å². The molecule has 25 heavy (non-hydrogen) atoms. The fourth-order valence-electron chi connectivity index (χ4n) is 2.08. The number of ether oxygens (including phenoxy) is 3. The van der Waals surface area contributed by atoms with Gasteiger partial charge in [0.25, 0.3) is 0 Å². The number of carbonyl (C=O) groups is 5. The van der Waals surface area contributed by atoms with Crippen molar-refractivity contribution in [2.45, 2.75) is 32.7 Å². The van der Waals surface area contributed by atoms with E-state index in [0.29, 0.717) is 0 Å². The van der Waals surface area contributed by atoms with Crippen molar-refractivity contribution < 1.29 is 43.3 Å². The molecule has 1 amide bonds. The number of carboxylic acids is 1. The maximum absolute atomic E-state index is 11.9. The van der Waals surface area contributed by atoms with E-state index in [-0.39, 0.29) is 19.4 Å². The summed E-state index contributed by atoms with van der Waals surface area (Å²) in [6, 6.07) is -1.56. The van der Waals surface area contributed by atoms with Gasteiger partial charge in [-0.15, -0.1) is 0 Å². The van der Waals surface area contributed by atoms with Gasteiger partial charge in [0, 0.05) is 12.3 Å². The topological polar surface area (TPSA) is 145 Å². The monoisotopic (exact) mass is 361 g/mol. The van der Waals surface area contributed by atoms with Gasteiger partial charge in [0.15, 0.2) is 5.92 Å². The minimum Gasteiger partial charge on any atom is -0.480 e. The van der Waals surface area contributed by atoms with Gasteiger partial charge < -0.3 is 24.6 Å². The molecule has 0 rings (SSSR count). The molecule has 0 aliphatic rings. The first-order chi connectivity index (χ1) is 11.7. The van der Waals surface area contributed by atoms with Gasteiger partial charge >= 0.3 is 23.9 Å². The predicted octanol–water partition coefficient (Wildman–Crippen LogP) is -0.503. The summed E-state index contributed by atoms with van der Waals surface area (Å²) < 4.78 is 13.6. The summed E-state index contributed by atoms with van der Waals surface area (Å²) in [7, 11) is 2.08. The van der Waals surface area contributed by atoms with Crippen molar-refractivity contribution >= 4 is 29.8 Å². The van der Waals surface area contributed by atoms with Crippen molar-refractivity contribution in [2.24, 2.45) is 11.8 Å². The van der Waals surface area contributed by atoms with Crippen molar-refractivity contribution in [1.29, 1.82) is 0 Å². The molecule has 0 aromatic rings. The Balaban J connectivity index is 5.09. The van der Waals surface area contributed by atoms with E-state index in [2.05, 4.69) is 19.5 Å². The van der Waals surface area contributed by atoms with Crippen molar-refractivity contribution in [3.8, 4) is 0 Å². The first-order valence-electron chi connectivity index (χ1n) is 7.52. The van der Waals surface area contributed by atoms with Crippen LogP contribution in [0.15, 0.2) is 0 Å². The van der Waals surface area contributed by atoms with Crippen molar-refractivity contribution in [1.82, 2.24) is 5.32 Å². The molecule has 2 N–H and O–H groups in total. The molecule has 0 aliphatic heterocycles. The van der Waals surface area contributed by atoms with Crippen LogP contribution < -0.4 is 5.32 Å². The van der Waals surface area contributed by atoms with Crippen molar-refractivity contribution in [3.63, 3.8) is 0 Å². The molecule has 0 aliphatic carbocycles. The lowest BCUT2D eigenvalue weighted by Gasteiger charge is -2.25. The molecular formula is C15H23NO9. The maximum atomic E-state index is 11.9. The number of nitrogens with one attached hydrogen (secondary N) is 1. The summed E-state index contributed by atoms with van der Waals surface area (Å²) in [4.78, 5) is 58.0. The number of hydrogen-bond donors (Lipinski definition) is 2. The van der Waals surface area contributed by atoms with Gasteiger partial charge in [0.05, 0.1) is 27.2 Å². The molecule has 0 aromatic carbocycles. The van der Waals surface area contributed by atoms with Gasteiger partial charge in [-0.25, -0.2) is 4.79 Å². The standard InChI is InChI=1S/C15H23NO9/c1-5-25-10(18)7-6-9(17)16-12(13(19)20)8(2)11(14(21)23-3)15(22)24-4/h8,11-12H,5-7H2,1-4H3,(H,16,17)(H,19,20)/t8-,12+/m0/s1. The zero-order chi connectivity index (χ0) is 19.6. The molecule has 0 unspecified atom stereocenters. The van der Waals surface area contributed by atoms with E-state index in [0.717, 1.165) is 14.2 Å². The Morgan fingerprint density at radius 1 is 1.00 bits per heavy atom. The number of carboxylic acid groups (broad SMARTS) is 1. The second kappa shape index (κ2) is 11.0. The Bertz CT molecular complexity index is 501. The molecule has 0 aromatic heterocycles. The lowest BCUT2D eigenvalue weighted by molar-refractivity contribution is -0.163. The van der Waals surface area contributed by atoms with E-state index in [4.69, 9.17) is 0 Å². The third kappa shape index (κ3) is 7.19. The van der Waals surface area contributed by atoms with Crippen LogP contribution in [-0.2, 0) is 38.2 Å². The Morgan fingerprint density at radius 2 is 1.52 bits per heavy atom. The zero-order valence-corrected chi connectivity index (χ0v) is 14.6. The predicted molar refractivity (Wildman–Crippen MR) is 82.1 cm³/mol. The molecule has 10 heteroatoms. The molecule has 0 spiro atoms. The third-order valence-electron chi connectivity index (χ3n) is 3.41. The summed E-state index contributed by atoms with van der Waals surface area (Å²) >= 11 is 0. The third-order valence-corrected chi connectivity index (χ3v) is 3.41. The van der Waals surface area contributed by atoms with Gasteiger partial charge in [0.2, 0.25) is 5.91 Å². The van der Waals surface area contributed by atoms with E-state index < -0.39 is 47.7 Å². The van der Waals surface area contributed by atoms with Gasteiger partial charge in [-0.05, 0) is 6.92 Å². The van der Waals surface area contributed by atoms with Crippen LogP contribution in [0.3, 0.4) is 0 Å². The van der Waals surface area contributed by atoms with Crippen LogP contribution >= 0.6 is 0 Å². The summed E-state index contributed by atoms with van der Waals surface area (Å²) in [5, 5.41) is 11.5. The van der Waals surface area contributed by atoms with Gasteiger partial charge in [-0.3, -0.25) is 19.2 Å². The van der Waals surface area contributed by atoms with Crippen molar-refractivity contribution in [3.05, 3.63) is 0 Å². The molecule has 0 bridgehead atoms. The van der Waals surface area contributed by atoms with E-state index in [1.807, 2.05) is 0 Å². The number of esters is 3. The number of rotatable bonds is 10. The second-order valence-electron chi connectivity index (χ2n) is 5.07. The average Bonchev–Trinajstić information content (AvgIpc) is 2.57. The number of methoxy groups -OCH3 is 2. The highest BCUT2D eigenvalue weighted by Crippen LogP contribution is 2.20. The quantitative estimate of drug-likeness (QED) is 0.298. The largest absolute Gasteiger partial charge is 0.480 e. The Kier molecular flexibility index (Phi) is 9.83. The normalized spacial score (nSPS) is 12.7. The zero-order valence-electron chi connectivity index (χ0n) is 14.6. The van der Waals surface area contributed by atoms with Crippen molar-refractivity contribution in [2.75, 3.05) is 20.8 Å². The lowest BCUT2D eigenvalue weighted by atomic mass is 9.87. The molecule has 10 nitrogen and oxygen atoms in total. The highest BCUT2D eigenvalue weighted by molar-refractivity contribution is 5.96. The van der Waals surface area contributed by atoms with E-state index in [1.165, 1.54) is 6.92 Å². The van der Waals surface area contributed by atoms with Crippen LogP contribution in [0.25, 0.3) is 0 Å². The average molecular weight is 361 g/mol. The Hall–Kier alpha value is -2.65. The summed E-state index contributed by atoms with van der Waals surface area (Å²) in [5.74, 6) is -7.42.